The first-order chi connectivity index (χ1) is 11.2. The van der Waals surface area contributed by atoms with Crippen molar-refractivity contribution in [2.45, 2.75) is 32.8 Å². The van der Waals surface area contributed by atoms with Crippen molar-refractivity contribution in [3.8, 4) is 0 Å². The Bertz CT molecular complexity index is 828. The summed E-state index contributed by atoms with van der Waals surface area (Å²) in [7, 11) is 0. The van der Waals surface area contributed by atoms with E-state index < -0.39 is 11.6 Å². The number of ether oxygens (including phenoxy) is 1. The van der Waals surface area contributed by atoms with Crippen molar-refractivity contribution >= 4 is 41.1 Å². The van der Waals surface area contributed by atoms with Gasteiger partial charge in [0, 0.05) is 11.6 Å². The van der Waals surface area contributed by atoms with Crippen molar-refractivity contribution < 1.29 is 19.1 Å². The average molecular weight is 329 g/mol. The maximum absolute atomic E-state index is 11.9. The first-order valence-corrected chi connectivity index (χ1v) is 7.35. The number of aliphatic imine (C=N–C) groups is 1. The molecule has 2 aromatic rings. The third-order valence-electron chi connectivity index (χ3n) is 3.13. The number of carbonyl (C=O) groups excluding carboxylic acids is 3. The lowest BCUT2D eigenvalue weighted by atomic mass is 10.1. The van der Waals surface area contributed by atoms with E-state index in [4.69, 9.17) is 10.5 Å². The molecule has 2 N–H and O–H groups in total. The summed E-state index contributed by atoms with van der Waals surface area (Å²) in [4.78, 5) is 38.0. The lowest BCUT2D eigenvalue weighted by Crippen LogP contribution is -2.24. The number of rotatable bonds is 4. The second kappa shape index (κ2) is 6.66. The Kier molecular flexibility index (Phi) is 4.82. The van der Waals surface area contributed by atoms with E-state index in [-0.39, 0.29) is 12.4 Å². The Labute approximate surface area is 139 Å². The van der Waals surface area contributed by atoms with Gasteiger partial charge in [0.2, 0.25) is 0 Å². The highest BCUT2D eigenvalue weighted by Crippen LogP contribution is 2.29. The molecule has 0 spiro atoms. The van der Waals surface area contributed by atoms with Crippen LogP contribution in [0.1, 0.15) is 26.3 Å². The van der Waals surface area contributed by atoms with Crippen LogP contribution in [0.5, 0.6) is 0 Å². The molecule has 24 heavy (non-hydrogen) atoms. The molecule has 126 valence electrons. The lowest BCUT2D eigenvalue weighted by Gasteiger charge is -2.19. The normalized spacial score (nSPS) is 11.8. The molecule has 1 heterocycles. The third kappa shape index (κ3) is 4.07. The number of benzene rings is 1. The van der Waals surface area contributed by atoms with Gasteiger partial charge in [-0.3, -0.25) is 19.1 Å². The van der Waals surface area contributed by atoms with Crippen LogP contribution in [0.25, 0.3) is 10.9 Å². The smallest absolute Gasteiger partial charge is 0.323 e. The highest BCUT2D eigenvalue weighted by atomic mass is 16.6. The van der Waals surface area contributed by atoms with Gasteiger partial charge in [-0.1, -0.05) is 12.1 Å². The molecule has 0 fully saturated rings. The largest absolute Gasteiger partial charge is 0.460 e. The first-order valence-electron chi connectivity index (χ1n) is 7.35. The van der Waals surface area contributed by atoms with E-state index in [0.29, 0.717) is 28.4 Å². The van der Waals surface area contributed by atoms with Crippen molar-refractivity contribution in [2.75, 3.05) is 0 Å². The first kappa shape index (κ1) is 17.4. The van der Waals surface area contributed by atoms with Gasteiger partial charge in [-0.25, -0.2) is 4.79 Å². The van der Waals surface area contributed by atoms with Crippen LogP contribution >= 0.6 is 0 Å². The average Bonchev–Trinajstić information content (AvgIpc) is 2.81. The van der Waals surface area contributed by atoms with Crippen molar-refractivity contribution in [1.82, 2.24) is 4.57 Å². The molecule has 7 heteroatoms. The van der Waals surface area contributed by atoms with Gasteiger partial charge in [0.05, 0.1) is 23.8 Å². The summed E-state index contributed by atoms with van der Waals surface area (Å²) in [5.41, 5.74) is 6.45. The number of primary amides is 1. The minimum atomic E-state index is -0.679. The van der Waals surface area contributed by atoms with E-state index in [1.165, 1.54) is 10.8 Å². The molecule has 2 rings (SSSR count). The fraction of sp³-hybridized carbons (Fsp3) is 0.294. The van der Waals surface area contributed by atoms with Crippen molar-refractivity contribution in [3.63, 3.8) is 0 Å². The van der Waals surface area contributed by atoms with E-state index in [9.17, 15) is 14.4 Å². The van der Waals surface area contributed by atoms with Gasteiger partial charge in [0.15, 0.2) is 6.29 Å². The molecule has 1 aromatic heterocycles. The zero-order valence-corrected chi connectivity index (χ0v) is 13.8. The van der Waals surface area contributed by atoms with Crippen molar-refractivity contribution in [1.29, 1.82) is 0 Å². The fourth-order valence-electron chi connectivity index (χ4n) is 2.30. The molecule has 0 radical (unpaired) electrons. The summed E-state index contributed by atoms with van der Waals surface area (Å²) in [5, 5.41) is 0.653. The summed E-state index contributed by atoms with van der Waals surface area (Å²) < 4.78 is 6.52. The highest BCUT2D eigenvalue weighted by molar-refractivity contribution is 6.14. The molecule has 0 aliphatic rings. The minimum Gasteiger partial charge on any atom is -0.460 e. The predicted molar refractivity (Wildman–Crippen MR) is 90.7 cm³/mol. The topological polar surface area (TPSA) is 104 Å². The molecule has 0 aliphatic heterocycles. The Morgan fingerprint density at radius 1 is 1.33 bits per heavy atom. The number of hydrogen-bond acceptors (Lipinski definition) is 5. The van der Waals surface area contributed by atoms with Crippen LogP contribution in [0.3, 0.4) is 0 Å². The van der Waals surface area contributed by atoms with E-state index >= 15 is 0 Å². The highest BCUT2D eigenvalue weighted by Gasteiger charge is 2.18. The molecular formula is C17H19N3O4. The fourth-order valence-corrected chi connectivity index (χ4v) is 2.30. The minimum absolute atomic E-state index is 0.0735. The maximum atomic E-state index is 11.9. The predicted octanol–water partition coefficient (Wildman–Crippen LogP) is 2.35. The number of hydrogen-bond donors (Lipinski definition) is 1. The molecule has 0 aliphatic carbocycles. The van der Waals surface area contributed by atoms with Crippen LogP contribution in [-0.4, -0.2) is 34.7 Å². The number of esters is 1. The Morgan fingerprint density at radius 3 is 2.62 bits per heavy atom. The standard InChI is InChI=1S/C17H19N3O4/c1-17(2,3)24-15(22)9-11-4-5-12-13(19-6-7-21)10-20(16(18)23)14(12)8-11/h4-8,10H,9H2,1-3H3,(H2,18,23). The molecule has 0 atom stereocenters. The van der Waals surface area contributed by atoms with E-state index in [2.05, 4.69) is 4.99 Å². The van der Waals surface area contributed by atoms with Crippen LogP contribution < -0.4 is 5.73 Å². The van der Waals surface area contributed by atoms with E-state index in [0.717, 1.165) is 6.21 Å². The maximum Gasteiger partial charge on any atom is 0.323 e. The van der Waals surface area contributed by atoms with Gasteiger partial charge in [-0.05, 0) is 32.4 Å². The SMILES string of the molecule is CC(C)(C)OC(=O)Cc1ccc2c(N=CC=O)cn(C(N)=O)c2c1. The van der Waals surface area contributed by atoms with Crippen LogP contribution in [0, 0.1) is 0 Å². The molecule has 1 aromatic carbocycles. The monoisotopic (exact) mass is 329 g/mol. The summed E-state index contributed by atoms with van der Waals surface area (Å²) >= 11 is 0. The van der Waals surface area contributed by atoms with Gasteiger partial charge in [-0.2, -0.15) is 0 Å². The third-order valence-corrected chi connectivity index (χ3v) is 3.13. The van der Waals surface area contributed by atoms with Crippen molar-refractivity contribution in [2.24, 2.45) is 10.7 Å². The number of nitrogens with zero attached hydrogens (tertiary/aromatic N) is 2. The Hall–Kier alpha value is -2.96. The zero-order chi connectivity index (χ0) is 17.9. The number of aromatic nitrogens is 1. The summed E-state index contributed by atoms with van der Waals surface area (Å²) in [6, 6.07) is 4.48. The Morgan fingerprint density at radius 2 is 2.04 bits per heavy atom. The summed E-state index contributed by atoms with van der Waals surface area (Å²) in [5.74, 6) is -0.363. The molecule has 0 bridgehead atoms. The van der Waals surface area contributed by atoms with Gasteiger partial charge in [-0.15, -0.1) is 0 Å². The van der Waals surface area contributed by atoms with E-state index in [1.54, 1.807) is 39.0 Å². The van der Waals surface area contributed by atoms with Crippen LogP contribution in [-0.2, 0) is 20.7 Å². The number of aldehydes is 1. The molecule has 0 unspecified atom stereocenters. The molecular weight excluding hydrogens is 310 g/mol. The van der Waals surface area contributed by atoms with Crippen LogP contribution in [0.2, 0.25) is 0 Å². The molecule has 0 saturated carbocycles. The number of fused-ring (bicyclic) bond motifs is 1. The van der Waals surface area contributed by atoms with Crippen molar-refractivity contribution in [3.05, 3.63) is 30.0 Å². The molecule has 7 nitrogen and oxygen atoms in total. The summed E-state index contributed by atoms with van der Waals surface area (Å²) in [6.45, 7) is 5.39. The second-order valence-corrected chi connectivity index (χ2v) is 6.25. The van der Waals surface area contributed by atoms with Gasteiger partial charge >= 0.3 is 12.0 Å². The summed E-state index contributed by atoms with van der Waals surface area (Å²) in [6.07, 6.45) is 3.16. The van der Waals surface area contributed by atoms with Gasteiger partial charge in [0.25, 0.3) is 0 Å². The molecule has 1 amide bonds. The molecule has 0 saturated heterocycles. The quantitative estimate of drug-likeness (QED) is 0.528. The van der Waals surface area contributed by atoms with Gasteiger partial charge in [0.1, 0.15) is 5.60 Å². The van der Waals surface area contributed by atoms with E-state index in [1.807, 2.05) is 0 Å². The van der Waals surface area contributed by atoms with Crippen LogP contribution in [0.4, 0.5) is 10.5 Å². The number of nitrogens with two attached hydrogens (primary N) is 1. The van der Waals surface area contributed by atoms with Crippen LogP contribution in [0.15, 0.2) is 29.4 Å². The van der Waals surface area contributed by atoms with Gasteiger partial charge < -0.3 is 10.5 Å². The Balaban J connectivity index is 2.41. The zero-order valence-electron chi connectivity index (χ0n) is 13.8. The lowest BCUT2D eigenvalue weighted by molar-refractivity contribution is -0.153. The second-order valence-electron chi connectivity index (χ2n) is 6.25. The number of amides is 1. The number of carbonyl (C=O) groups is 3.